The topological polar surface area (TPSA) is 0 Å². The van der Waals surface area contributed by atoms with Crippen molar-refractivity contribution in [3.05, 3.63) is 59.2 Å². The number of hydrogen-bond acceptors (Lipinski definition) is 0. The lowest BCUT2D eigenvalue weighted by atomic mass is 9.89. The van der Waals surface area contributed by atoms with Gasteiger partial charge in [0.1, 0.15) is 0 Å². The van der Waals surface area contributed by atoms with Crippen molar-refractivity contribution >= 4 is 0 Å². The monoisotopic (exact) mass is 214 g/mol. The van der Waals surface area contributed by atoms with Crippen molar-refractivity contribution in [1.82, 2.24) is 0 Å². The summed E-state index contributed by atoms with van der Waals surface area (Å²) >= 11 is 0. The molecule has 0 bridgehead atoms. The zero-order valence-corrected chi connectivity index (χ0v) is 11.0. The molecule has 2 rings (SSSR count). The molecule has 88 valence electrons. The molecular weight excluding hydrogens is 192 g/mol. The average molecular weight is 214 g/mol. The largest absolute Gasteiger partial charge is 0.213 e. The smallest absolute Gasteiger partial charge is 0.0364 e. The maximum absolute atomic E-state index is 2.22. The van der Waals surface area contributed by atoms with E-state index in [0.717, 1.165) is 0 Å². The van der Waals surface area contributed by atoms with Gasteiger partial charge in [0.2, 0.25) is 0 Å². The molecule has 0 saturated heterocycles. The molecular formula is C16H22-2. The molecule has 16 heavy (non-hydrogen) atoms. The Morgan fingerprint density at radius 3 is 2.00 bits per heavy atom. The Hall–Kier alpha value is -1.30. The van der Waals surface area contributed by atoms with Crippen molar-refractivity contribution in [2.24, 2.45) is 0 Å². The molecule has 0 unspecified atom stereocenters. The lowest BCUT2D eigenvalue weighted by Crippen LogP contribution is -2.08. The Kier molecular flexibility index (Phi) is 4.12. The zero-order valence-electron chi connectivity index (χ0n) is 11.0. The van der Waals surface area contributed by atoms with Gasteiger partial charge in [-0.3, -0.25) is 0 Å². The van der Waals surface area contributed by atoms with E-state index in [2.05, 4.69) is 77.1 Å². The van der Waals surface area contributed by atoms with E-state index in [1.807, 2.05) is 0 Å². The van der Waals surface area contributed by atoms with Gasteiger partial charge in [-0.1, -0.05) is 34.6 Å². The summed E-state index contributed by atoms with van der Waals surface area (Å²) in [6.45, 7) is 10.9. The van der Waals surface area contributed by atoms with Crippen LogP contribution in [0, 0.1) is 13.8 Å². The molecule has 0 heterocycles. The van der Waals surface area contributed by atoms with E-state index < -0.39 is 0 Å². The van der Waals surface area contributed by atoms with Gasteiger partial charge in [-0.05, 0) is 5.41 Å². The first-order valence-corrected chi connectivity index (χ1v) is 5.82. The van der Waals surface area contributed by atoms with Gasteiger partial charge in [0.05, 0.1) is 0 Å². The molecule has 0 aliphatic heterocycles. The number of hydrogen-bond donors (Lipinski definition) is 0. The van der Waals surface area contributed by atoms with E-state index >= 15 is 0 Å². The van der Waals surface area contributed by atoms with Gasteiger partial charge in [-0.2, -0.15) is 34.9 Å². The van der Waals surface area contributed by atoms with E-state index in [1.54, 1.807) is 0 Å². The van der Waals surface area contributed by atoms with Crippen LogP contribution in [0.2, 0.25) is 0 Å². The average Bonchev–Trinajstić information content (AvgIpc) is 2.78. The van der Waals surface area contributed by atoms with Crippen molar-refractivity contribution in [3.63, 3.8) is 0 Å². The highest BCUT2D eigenvalue weighted by molar-refractivity contribution is 5.25. The van der Waals surface area contributed by atoms with Crippen LogP contribution < -0.4 is 0 Å². The molecule has 0 spiro atoms. The van der Waals surface area contributed by atoms with Crippen LogP contribution in [0.1, 0.15) is 37.5 Å². The molecule has 0 saturated carbocycles. The Morgan fingerprint density at radius 2 is 1.81 bits per heavy atom. The van der Waals surface area contributed by atoms with Crippen LogP contribution >= 0.6 is 0 Å². The van der Waals surface area contributed by atoms with Crippen LogP contribution in [0.4, 0.5) is 0 Å². The van der Waals surface area contributed by atoms with Crippen molar-refractivity contribution in [3.8, 4) is 0 Å². The minimum atomic E-state index is 0.323. The van der Waals surface area contributed by atoms with Gasteiger partial charge < -0.3 is 0 Å². The summed E-state index contributed by atoms with van der Waals surface area (Å²) in [7, 11) is 0. The fourth-order valence-electron chi connectivity index (χ4n) is 1.47. The van der Waals surface area contributed by atoms with Gasteiger partial charge in [-0.25, -0.2) is 24.3 Å². The Morgan fingerprint density at radius 1 is 1.12 bits per heavy atom. The third-order valence-electron chi connectivity index (χ3n) is 2.84. The predicted octanol–water partition coefficient (Wildman–Crippen LogP) is 4.73. The number of rotatable bonds is 0. The van der Waals surface area contributed by atoms with E-state index in [-0.39, 0.29) is 0 Å². The summed E-state index contributed by atoms with van der Waals surface area (Å²) in [6, 6.07) is 14.8. The fraction of sp³-hybridized carbons (Fsp3) is 0.375. The van der Waals surface area contributed by atoms with E-state index in [9.17, 15) is 0 Å². The first kappa shape index (κ1) is 12.8. The van der Waals surface area contributed by atoms with Gasteiger partial charge in [0, 0.05) is 0 Å². The van der Waals surface area contributed by atoms with Crippen LogP contribution in [-0.4, -0.2) is 0 Å². The van der Waals surface area contributed by atoms with Crippen LogP contribution in [0.5, 0.6) is 0 Å². The van der Waals surface area contributed by atoms with Gasteiger partial charge in [0.15, 0.2) is 0 Å². The third kappa shape index (κ3) is 3.69. The third-order valence-corrected chi connectivity index (χ3v) is 2.84. The van der Waals surface area contributed by atoms with E-state index in [4.69, 9.17) is 0 Å². The maximum Gasteiger partial charge on any atom is -0.0364 e. The summed E-state index contributed by atoms with van der Waals surface area (Å²) in [5.41, 5.74) is 4.52. The summed E-state index contributed by atoms with van der Waals surface area (Å²) < 4.78 is 0. The molecule has 0 nitrogen and oxygen atoms in total. The molecule has 0 atom stereocenters. The van der Waals surface area contributed by atoms with Crippen molar-refractivity contribution < 1.29 is 0 Å². The molecule has 0 fully saturated rings. The van der Waals surface area contributed by atoms with Crippen LogP contribution in [-0.2, 0) is 5.41 Å². The zero-order chi connectivity index (χ0) is 12.2. The highest BCUT2D eigenvalue weighted by Gasteiger charge is 2.06. The first-order chi connectivity index (χ1) is 7.41. The standard InChI is InChI=1S/C9H13.C7H9/c1-9(2,3)8-6-4-5-7-8;1-6-4-3-5-7(6)2/h4-7H,1-3H3;3-5H,1-2H3/q2*-1. The molecule has 2 aromatic carbocycles. The normalized spacial score (nSPS) is 10.8. The summed E-state index contributed by atoms with van der Waals surface area (Å²) in [5.74, 6) is 0. The Balaban J connectivity index is 0.000000165. The predicted molar refractivity (Wildman–Crippen MR) is 72.2 cm³/mol. The molecule has 0 aliphatic carbocycles. The highest BCUT2D eigenvalue weighted by Crippen LogP contribution is 2.21. The second-order valence-corrected chi connectivity index (χ2v) is 5.32. The van der Waals surface area contributed by atoms with Crippen molar-refractivity contribution in [2.75, 3.05) is 0 Å². The molecule has 0 amide bonds. The minimum absolute atomic E-state index is 0.323. The van der Waals surface area contributed by atoms with Crippen molar-refractivity contribution in [2.45, 2.75) is 40.0 Å². The van der Waals surface area contributed by atoms with E-state index in [1.165, 1.54) is 16.7 Å². The number of aryl methyl sites for hydroxylation is 2. The van der Waals surface area contributed by atoms with Crippen LogP contribution in [0.3, 0.4) is 0 Å². The molecule has 0 aliphatic rings. The molecule has 0 radical (unpaired) electrons. The van der Waals surface area contributed by atoms with Crippen molar-refractivity contribution in [1.29, 1.82) is 0 Å². The minimum Gasteiger partial charge on any atom is -0.213 e. The lowest BCUT2D eigenvalue weighted by molar-refractivity contribution is 0.592. The summed E-state index contributed by atoms with van der Waals surface area (Å²) in [5, 5.41) is 0. The lowest BCUT2D eigenvalue weighted by Gasteiger charge is -2.20. The van der Waals surface area contributed by atoms with Gasteiger partial charge >= 0.3 is 0 Å². The van der Waals surface area contributed by atoms with Crippen LogP contribution in [0.25, 0.3) is 0 Å². The Bertz CT molecular complexity index is 377. The second-order valence-electron chi connectivity index (χ2n) is 5.32. The molecule has 0 N–H and O–H groups in total. The molecule has 0 heteroatoms. The summed E-state index contributed by atoms with van der Waals surface area (Å²) in [6.07, 6.45) is 0. The highest BCUT2D eigenvalue weighted by atomic mass is 14.2. The van der Waals surface area contributed by atoms with Gasteiger partial charge in [-0.15, -0.1) is 0 Å². The maximum atomic E-state index is 2.22. The van der Waals surface area contributed by atoms with Gasteiger partial charge in [0.25, 0.3) is 0 Å². The van der Waals surface area contributed by atoms with E-state index in [0.29, 0.717) is 5.41 Å². The summed E-state index contributed by atoms with van der Waals surface area (Å²) in [4.78, 5) is 0. The molecule has 2 aromatic rings. The quantitative estimate of drug-likeness (QED) is 0.556. The SMILES string of the molecule is CC(C)(C)c1ccc[cH-]1.Cc1ccc[c-]1C. The first-order valence-electron chi connectivity index (χ1n) is 5.82. The fourth-order valence-corrected chi connectivity index (χ4v) is 1.47. The molecule has 0 aromatic heterocycles. The van der Waals surface area contributed by atoms with Crippen LogP contribution in [0.15, 0.2) is 42.5 Å². The Labute approximate surface area is 99.7 Å². The second kappa shape index (κ2) is 5.16.